The average molecular weight is 290 g/mol. The van der Waals surface area contributed by atoms with Crippen molar-refractivity contribution in [3.05, 3.63) is 41.3 Å². The Bertz CT molecular complexity index is 753. The smallest absolute Gasteiger partial charge is 0.254 e. The molecule has 0 amide bonds. The maximum absolute atomic E-state index is 6.20. The molecule has 20 heavy (non-hydrogen) atoms. The van der Waals surface area contributed by atoms with Gasteiger partial charge in [0, 0.05) is 17.7 Å². The summed E-state index contributed by atoms with van der Waals surface area (Å²) in [5, 5.41) is 4.74. The second kappa shape index (κ2) is 5.07. The highest BCUT2D eigenvalue weighted by Gasteiger charge is 2.16. The van der Waals surface area contributed by atoms with Gasteiger partial charge in [0.15, 0.2) is 0 Å². The Labute approximate surface area is 120 Å². The lowest BCUT2D eigenvalue weighted by Gasteiger charge is -2.12. The Balaban J connectivity index is 2.28. The fraction of sp³-hybridized carbons (Fsp3) is 0.154. The van der Waals surface area contributed by atoms with Crippen LogP contribution in [-0.2, 0) is 11.3 Å². The van der Waals surface area contributed by atoms with Crippen LogP contribution in [0.25, 0.3) is 16.9 Å². The summed E-state index contributed by atoms with van der Waals surface area (Å²) >= 11 is 5.92. The SMILES string of the molecule is COCc1nc2ncnn2c(N)c1-c1ccc(Cl)cc1. The van der Waals surface area contributed by atoms with Crippen molar-refractivity contribution < 1.29 is 4.74 Å². The predicted molar refractivity (Wildman–Crippen MR) is 76.4 cm³/mol. The molecule has 1 aromatic carbocycles. The first-order valence-electron chi connectivity index (χ1n) is 5.93. The van der Waals surface area contributed by atoms with Crippen molar-refractivity contribution in [2.45, 2.75) is 6.61 Å². The molecule has 6 nitrogen and oxygen atoms in total. The molecule has 0 fully saturated rings. The van der Waals surface area contributed by atoms with E-state index in [4.69, 9.17) is 22.1 Å². The normalized spacial score (nSPS) is 11.1. The Hall–Kier alpha value is -2.18. The number of anilines is 1. The summed E-state index contributed by atoms with van der Waals surface area (Å²) in [7, 11) is 1.61. The van der Waals surface area contributed by atoms with E-state index in [0.717, 1.165) is 11.1 Å². The largest absolute Gasteiger partial charge is 0.383 e. The number of nitrogens with two attached hydrogens (primary N) is 1. The van der Waals surface area contributed by atoms with Crippen LogP contribution in [0.1, 0.15) is 5.69 Å². The fourth-order valence-corrected chi connectivity index (χ4v) is 2.21. The van der Waals surface area contributed by atoms with Gasteiger partial charge in [-0.05, 0) is 17.7 Å². The molecule has 0 saturated carbocycles. The third-order valence-corrected chi connectivity index (χ3v) is 3.20. The van der Waals surface area contributed by atoms with Crippen molar-refractivity contribution in [2.75, 3.05) is 12.8 Å². The topological polar surface area (TPSA) is 78.3 Å². The minimum Gasteiger partial charge on any atom is -0.383 e. The minimum atomic E-state index is 0.339. The maximum Gasteiger partial charge on any atom is 0.254 e. The maximum atomic E-state index is 6.20. The van der Waals surface area contributed by atoms with Gasteiger partial charge in [-0.3, -0.25) is 0 Å². The number of halogens is 1. The summed E-state index contributed by atoms with van der Waals surface area (Å²) in [6, 6.07) is 7.38. The lowest BCUT2D eigenvalue weighted by atomic mass is 10.0. The lowest BCUT2D eigenvalue weighted by Crippen LogP contribution is -2.08. The van der Waals surface area contributed by atoms with E-state index in [1.807, 2.05) is 12.1 Å². The fourth-order valence-electron chi connectivity index (χ4n) is 2.08. The van der Waals surface area contributed by atoms with E-state index in [9.17, 15) is 0 Å². The Kier molecular flexibility index (Phi) is 3.25. The molecule has 0 aliphatic rings. The summed E-state index contributed by atoms with van der Waals surface area (Å²) in [4.78, 5) is 8.49. The van der Waals surface area contributed by atoms with Crippen LogP contribution in [0.3, 0.4) is 0 Å². The van der Waals surface area contributed by atoms with Gasteiger partial charge in [0.1, 0.15) is 12.1 Å². The van der Waals surface area contributed by atoms with Crippen molar-refractivity contribution >= 4 is 23.2 Å². The van der Waals surface area contributed by atoms with E-state index in [1.165, 1.54) is 10.8 Å². The molecule has 0 bridgehead atoms. The Morgan fingerprint density at radius 3 is 2.75 bits per heavy atom. The monoisotopic (exact) mass is 289 g/mol. The van der Waals surface area contributed by atoms with Crippen LogP contribution in [0.15, 0.2) is 30.6 Å². The van der Waals surface area contributed by atoms with Crippen LogP contribution < -0.4 is 5.73 Å². The molecule has 2 heterocycles. The van der Waals surface area contributed by atoms with Gasteiger partial charge in [-0.2, -0.15) is 14.6 Å². The first kappa shape index (κ1) is 12.8. The van der Waals surface area contributed by atoms with Crippen LogP contribution in [-0.4, -0.2) is 26.7 Å². The number of nitrogen functional groups attached to an aromatic ring is 1. The molecule has 0 unspecified atom stereocenters. The van der Waals surface area contributed by atoms with Crippen molar-refractivity contribution in [3.63, 3.8) is 0 Å². The molecular formula is C13H12ClN5O. The van der Waals surface area contributed by atoms with Gasteiger partial charge >= 0.3 is 0 Å². The van der Waals surface area contributed by atoms with Crippen molar-refractivity contribution in [1.82, 2.24) is 19.6 Å². The average Bonchev–Trinajstić information content (AvgIpc) is 2.90. The number of hydrogen-bond acceptors (Lipinski definition) is 5. The van der Waals surface area contributed by atoms with Gasteiger partial charge in [-0.15, -0.1) is 0 Å². The summed E-state index contributed by atoms with van der Waals surface area (Å²) in [6.07, 6.45) is 1.42. The zero-order valence-electron chi connectivity index (χ0n) is 10.7. The van der Waals surface area contributed by atoms with Gasteiger partial charge < -0.3 is 10.5 Å². The van der Waals surface area contributed by atoms with Gasteiger partial charge in [-0.1, -0.05) is 23.7 Å². The van der Waals surface area contributed by atoms with Crippen molar-refractivity contribution in [3.8, 4) is 11.1 Å². The molecule has 3 rings (SSSR count). The number of fused-ring (bicyclic) bond motifs is 1. The molecule has 0 aliphatic heterocycles. The number of aromatic nitrogens is 4. The second-order valence-electron chi connectivity index (χ2n) is 4.23. The molecule has 2 aromatic heterocycles. The number of rotatable bonds is 3. The molecule has 0 aliphatic carbocycles. The summed E-state index contributed by atoms with van der Waals surface area (Å²) < 4.78 is 6.70. The summed E-state index contributed by atoms with van der Waals surface area (Å²) in [6.45, 7) is 0.339. The summed E-state index contributed by atoms with van der Waals surface area (Å²) in [5.41, 5.74) is 8.60. The highest BCUT2D eigenvalue weighted by atomic mass is 35.5. The van der Waals surface area contributed by atoms with E-state index in [2.05, 4.69) is 15.1 Å². The van der Waals surface area contributed by atoms with Gasteiger partial charge in [0.05, 0.1) is 12.3 Å². The van der Waals surface area contributed by atoms with Crippen molar-refractivity contribution in [2.24, 2.45) is 0 Å². The zero-order chi connectivity index (χ0) is 14.1. The lowest BCUT2D eigenvalue weighted by molar-refractivity contribution is 0.182. The van der Waals surface area contributed by atoms with Gasteiger partial charge in [0.2, 0.25) is 0 Å². The molecule has 102 valence electrons. The highest BCUT2D eigenvalue weighted by Crippen LogP contribution is 2.30. The molecular weight excluding hydrogens is 278 g/mol. The molecule has 0 atom stereocenters. The molecule has 7 heteroatoms. The van der Waals surface area contributed by atoms with Crippen LogP contribution in [0.2, 0.25) is 5.02 Å². The number of ether oxygens (including phenoxy) is 1. The standard InChI is InChI=1S/C13H12ClN5O/c1-20-6-10-11(8-2-4-9(14)5-3-8)12(15)19-13(18-10)16-7-17-19/h2-5,7H,6,15H2,1H3. The number of nitrogens with zero attached hydrogens (tertiary/aromatic N) is 4. The Morgan fingerprint density at radius 1 is 1.30 bits per heavy atom. The highest BCUT2D eigenvalue weighted by molar-refractivity contribution is 6.30. The third kappa shape index (κ3) is 2.09. The molecule has 3 aromatic rings. The zero-order valence-corrected chi connectivity index (χ0v) is 11.5. The third-order valence-electron chi connectivity index (χ3n) is 2.95. The molecule has 0 radical (unpaired) electrons. The van der Waals surface area contributed by atoms with E-state index < -0.39 is 0 Å². The van der Waals surface area contributed by atoms with Crippen LogP contribution in [0, 0.1) is 0 Å². The number of hydrogen-bond donors (Lipinski definition) is 1. The van der Waals surface area contributed by atoms with Crippen LogP contribution in [0.4, 0.5) is 5.82 Å². The molecule has 0 saturated heterocycles. The Morgan fingerprint density at radius 2 is 2.05 bits per heavy atom. The van der Waals surface area contributed by atoms with Crippen molar-refractivity contribution in [1.29, 1.82) is 0 Å². The predicted octanol–water partition coefficient (Wildman–Crippen LogP) is 2.17. The van der Waals surface area contributed by atoms with Gasteiger partial charge in [-0.25, -0.2) is 4.98 Å². The van der Waals surface area contributed by atoms with E-state index in [0.29, 0.717) is 28.9 Å². The first-order valence-corrected chi connectivity index (χ1v) is 6.31. The van der Waals surface area contributed by atoms with Crippen LogP contribution >= 0.6 is 11.6 Å². The first-order chi connectivity index (χ1) is 9.70. The quantitative estimate of drug-likeness (QED) is 0.799. The number of benzene rings is 1. The number of methoxy groups -OCH3 is 1. The molecule has 2 N–H and O–H groups in total. The molecule has 0 spiro atoms. The van der Waals surface area contributed by atoms with E-state index in [-0.39, 0.29) is 0 Å². The van der Waals surface area contributed by atoms with E-state index in [1.54, 1.807) is 19.2 Å². The van der Waals surface area contributed by atoms with Crippen LogP contribution in [0.5, 0.6) is 0 Å². The minimum absolute atomic E-state index is 0.339. The van der Waals surface area contributed by atoms with Gasteiger partial charge in [0.25, 0.3) is 5.78 Å². The van der Waals surface area contributed by atoms with E-state index >= 15 is 0 Å². The summed E-state index contributed by atoms with van der Waals surface area (Å²) in [5.74, 6) is 0.925. The second-order valence-corrected chi connectivity index (χ2v) is 4.67.